The molecule has 2 amide bonds. The molecule has 1 aromatic heterocycles. The molecule has 166 valence electrons. The Bertz CT molecular complexity index is 933. The van der Waals surface area contributed by atoms with Gasteiger partial charge < -0.3 is 19.9 Å². The zero-order valence-electron chi connectivity index (χ0n) is 18.4. The molecule has 0 bridgehead atoms. The van der Waals surface area contributed by atoms with Gasteiger partial charge in [0.1, 0.15) is 5.75 Å². The predicted octanol–water partition coefficient (Wildman–Crippen LogP) is 3.20. The van der Waals surface area contributed by atoms with Crippen molar-refractivity contribution in [1.29, 1.82) is 0 Å². The highest BCUT2D eigenvalue weighted by Crippen LogP contribution is 2.35. The second-order valence-electron chi connectivity index (χ2n) is 8.49. The molecule has 2 aromatic rings. The van der Waals surface area contributed by atoms with Crippen LogP contribution in [0.5, 0.6) is 5.75 Å². The third kappa shape index (κ3) is 4.84. The van der Waals surface area contributed by atoms with Gasteiger partial charge >= 0.3 is 0 Å². The number of anilines is 2. The van der Waals surface area contributed by atoms with E-state index in [1.54, 1.807) is 18.4 Å². The first-order valence-corrected chi connectivity index (χ1v) is 11.7. The lowest BCUT2D eigenvalue weighted by Gasteiger charge is -2.35. The van der Waals surface area contributed by atoms with E-state index in [-0.39, 0.29) is 23.7 Å². The fourth-order valence-corrected chi connectivity index (χ4v) is 5.36. The van der Waals surface area contributed by atoms with Gasteiger partial charge in [0.05, 0.1) is 12.8 Å². The molecule has 0 unspecified atom stereocenters. The van der Waals surface area contributed by atoms with Crippen molar-refractivity contribution in [1.82, 2.24) is 9.88 Å². The van der Waals surface area contributed by atoms with Crippen LogP contribution in [0.1, 0.15) is 30.8 Å². The van der Waals surface area contributed by atoms with Crippen LogP contribution < -0.4 is 15.0 Å². The average Bonchev–Trinajstić information content (AvgIpc) is 3.22. The molecule has 0 radical (unpaired) electrons. The van der Waals surface area contributed by atoms with Gasteiger partial charge in [-0.25, -0.2) is 4.98 Å². The van der Waals surface area contributed by atoms with Crippen LogP contribution in [0.15, 0.2) is 24.3 Å². The van der Waals surface area contributed by atoms with E-state index in [0.29, 0.717) is 0 Å². The number of hydrogen-bond donors (Lipinski definition) is 1. The minimum absolute atomic E-state index is 0.0385. The highest BCUT2D eigenvalue weighted by atomic mass is 32.1. The van der Waals surface area contributed by atoms with Gasteiger partial charge in [0.2, 0.25) is 11.8 Å². The standard InChI is InChI=1S/C23H30N4O3S/c1-15(2)22(29)26-10-12-27(13-11-26)23-25-19-9-4-16(14-20(19)31-23)21(28)24-17-5-7-18(30-3)8-6-17/h5-8,15-16H,4,9-14H2,1-3H3,(H,24,28)/t16-/m1/s1. The summed E-state index contributed by atoms with van der Waals surface area (Å²) in [5.74, 6) is 1.06. The largest absolute Gasteiger partial charge is 0.497 e. The fourth-order valence-electron chi connectivity index (χ4n) is 4.12. The molecular formula is C23H30N4O3S. The number of aromatic nitrogens is 1. The number of amides is 2. The number of nitrogens with zero attached hydrogens (tertiary/aromatic N) is 3. The van der Waals surface area contributed by atoms with Crippen molar-refractivity contribution < 1.29 is 14.3 Å². The van der Waals surface area contributed by atoms with Crippen molar-refractivity contribution in [3.05, 3.63) is 34.8 Å². The van der Waals surface area contributed by atoms with Crippen molar-refractivity contribution in [2.75, 3.05) is 43.5 Å². The van der Waals surface area contributed by atoms with Gasteiger partial charge in [0.25, 0.3) is 0 Å². The zero-order chi connectivity index (χ0) is 22.0. The molecule has 1 saturated heterocycles. The molecule has 0 saturated carbocycles. The SMILES string of the molecule is COc1ccc(NC(=O)[C@@H]2CCc3nc(N4CCN(C(=O)C(C)C)CC4)sc3C2)cc1. The van der Waals surface area contributed by atoms with Gasteiger partial charge in [0, 0.05) is 48.6 Å². The quantitative estimate of drug-likeness (QED) is 0.770. The van der Waals surface area contributed by atoms with Gasteiger partial charge in [-0.15, -0.1) is 11.3 Å². The highest BCUT2D eigenvalue weighted by Gasteiger charge is 2.30. The van der Waals surface area contributed by atoms with Gasteiger partial charge in [-0.2, -0.15) is 0 Å². The number of aryl methyl sites for hydroxylation is 1. The number of carbonyl (C=O) groups is 2. The minimum atomic E-state index is -0.0385. The Morgan fingerprint density at radius 1 is 1.16 bits per heavy atom. The molecule has 1 aliphatic heterocycles. The maximum absolute atomic E-state index is 12.8. The van der Waals surface area contributed by atoms with E-state index in [2.05, 4.69) is 10.2 Å². The topological polar surface area (TPSA) is 74.8 Å². The first-order chi connectivity index (χ1) is 14.9. The van der Waals surface area contributed by atoms with Crippen LogP contribution in [-0.4, -0.2) is 55.0 Å². The molecule has 1 aromatic carbocycles. The van der Waals surface area contributed by atoms with Gasteiger partial charge in [-0.05, 0) is 43.5 Å². The number of ether oxygens (including phenoxy) is 1. The van der Waals surface area contributed by atoms with Crippen molar-refractivity contribution in [3.63, 3.8) is 0 Å². The number of nitrogens with one attached hydrogen (secondary N) is 1. The number of thiazole rings is 1. The molecule has 31 heavy (non-hydrogen) atoms. The number of piperazine rings is 1. The lowest BCUT2D eigenvalue weighted by atomic mass is 9.90. The lowest BCUT2D eigenvalue weighted by Crippen LogP contribution is -2.49. The number of benzene rings is 1. The van der Waals surface area contributed by atoms with E-state index in [1.807, 2.05) is 43.0 Å². The normalized spacial score (nSPS) is 18.6. The molecule has 1 atom stereocenters. The van der Waals surface area contributed by atoms with Crippen LogP contribution in [0, 0.1) is 11.8 Å². The zero-order valence-corrected chi connectivity index (χ0v) is 19.2. The summed E-state index contributed by atoms with van der Waals surface area (Å²) in [7, 11) is 1.63. The number of rotatable bonds is 5. The third-order valence-electron chi connectivity index (χ3n) is 6.01. The second kappa shape index (κ2) is 9.26. The molecule has 2 aliphatic rings. The summed E-state index contributed by atoms with van der Waals surface area (Å²) in [5.41, 5.74) is 1.92. The predicted molar refractivity (Wildman–Crippen MR) is 123 cm³/mol. The summed E-state index contributed by atoms with van der Waals surface area (Å²) >= 11 is 1.71. The Kier molecular flexibility index (Phi) is 6.46. The van der Waals surface area contributed by atoms with Gasteiger partial charge in [-0.1, -0.05) is 13.8 Å². The maximum atomic E-state index is 12.8. The molecule has 1 N–H and O–H groups in total. The van der Waals surface area contributed by atoms with E-state index in [9.17, 15) is 9.59 Å². The number of carbonyl (C=O) groups excluding carboxylic acids is 2. The number of fused-ring (bicyclic) bond motifs is 1. The van der Waals surface area contributed by atoms with E-state index in [1.165, 1.54) is 4.88 Å². The third-order valence-corrected chi connectivity index (χ3v) is 7.19. The van der Waals surface area contributed by atoms with Gasteiger partial charge in [0.15, 0.2) is 5.13 Å². The van der Waals surface area contributed by atoms with Crippen molar-refractivity contribution >= 4 is 34.0 Å². The van der Waals surface area contributed by atoms with Crippen LogP contribution in [0.3, 0.4) is 0 Å². The molecule has 4 rings (SSSR count). The Hall–Kier alpha value is -2.61. The van der Waals surface area contributed by atoms with E-state index >= 15 is 0 Å². The molecule has 2 heterocycles. The van der Waals surface area contributed by atoms with Crippen molar-refractivity contribution in [2.24, 2.45) is 11.8 Å². The maximum Gasteiger partial charge on any atom is 0.227 e. The van der Waals surface area contributed by atoms with E-state index < -0.39 is 0 Å². The molecule has 8 heteroatoms. The first kappa shape index (κ1) is 21.6. The summed E-state index contributed by atoms with van der Waals surface area (Å²) < 4.78 is 5.17. The van der Waals surface area contributed by atoms with Crippen LogP contribution in [0.2, 0.25) is 0 Å². The average molecular weight is 443 g/mol. The number of methoxy groups -OCH3 is 1. The van der Waals surface area contributed by atoms with Crippen LogP contribution in [-0.2, 0) is 22.4 Å². The molecule has 1 fully saturated rings. The highest BCUT2D eigenvalue weighted by molar-refractivity contribution is 7.15. The van der Waals surface area contributed by atoms with Crippen LogP contribution >= 0.6 is 11.3 Å². The first-order valence-electron chi connectivity index (χ1n) is 10.9. The summed E-state index contributed by atoms with van der Waals surface area (Å²) in [6, 6.07) is 7.41. The second-order valence-corrected chi connectivity index (χ2v) is 9.55. The fraction of sp³-hybridized carbons (Fsp3) is 0.522. The van der Waals surface area contributed by atoms with Crippen molar-refractivity contribution in [3.8, 4) is 5.75 Å². The monoisotopic (exact) mass is 442 g/mol. The Labute approximate surface area is 187 Å². The summed E-state index contributed by atoms with van der Waals surface area (Å²) in [6.07, 6.45) is 2.38. The Balaban J connectivity index is 1.35. The minimum Gasteiger partial charge on any atom is -0.497 e. The van der Waals surface area contributed by atoms with Crippen molar-refractivity contribution in [2.45, 2.75) is 33.1 Å². The Morgan fingerprint density at radius 2 is 1.87 bits per heavy atom. The van der Waals surface area contributed by atoms with Gasteiger partial charge in [-0.3, -0.25) is 9.59 Å². The molecule has 0 spiro atoms. The molecule has 1 aliphatic carbocycles. The van der Waals surface area contributed by atoms with Crippen LogP contribution in [0.25, 0.3) is 0 Å². The smallest absolute Gasteiger partial charge is 0.227 e. The molecule has 7 nitrogen and oxygen atoms in total. The lowest BCUT2D eigenvalue weighted by molar-refractivity contribution is -0.134. The van der Waals surface area contributed by atoms with Crippen LogP contribution in [0.4, 0.5) is 10.8 Å². The Morgan fingerprint density at radius 3 is 2.52 bits per heavy atom. The summed E-state index contributed by atoms with van der Waals surface area (Å²) in [6.45, 7) is 7.01. The summed E-state index contributed by atoms with van der Waals surface area (Å²) in [5, 5.41) is 4.06. The van der Waals surface area contributed by atoms with E-state index in [4.69, 9.17) is 9.72 Å². The molecular weight excluding hydrogens is 412 g/mol. The number of hydrogen-bond acceptors (Lipinski definition) is 6. The van der Waals surface area contributed by atoms with E-state index in [0.717, 1.165) is 67.7 Å². The summed E-state index contributed by atoms with van der Waals surface area (Å²) in [4.78, 5) is 35.3.